The molecule has 1 atom stereocenters. The minimum Gasteiger partial charge on any atom is -0.340 e. The summed E-state index contributed by atoms with van der Waals surface area (Å²) in [4.78, 5) is 15.3. The first-order chi connectivity index (χ1) is 7.68. The standard InChI is InChI=1S/C11H15BrN2OS/c1-8(9-2-3-10(12)16-9)11(15)14-6-4-13-5-7-14/h2-3,8,13H,4-7H2,1H3. The highest BCUT2D eigenvalue weighted by atomic mass is 79.9. The summed E-state index contributed by atoms with van der Waals surface area (Å²) in [6, 6.07) is 4.03. The number of piperazine rings is 1. The van der Waals surface area contributed by atoms with Gasteiger partial charge in [0.05, 0.1) is 9.70 Å². The van der Waals surface area contributed by atoms with Crippen LogP contribution in [-0.4, -0.2) is 37.0 Å². The molecule has 1 amide bonds. The first-order valence-electron chi connectivity index (χ1n) is 5.43. The lowest BCUT2D eigenvalue weighted by molar-refractivity contribution is -0.132. The van der Waals surface area contributed by atoms with E-state index < -0.39 is 0 Å². The van der Waals surface area contributed by atoms with Crippen LogP contribution >= 0.6 is 27.3 Å². The lowest BCUT2D eigenvalue weighted by atomic mass is 10.1. The van der Waals surface area contributed by atoms with Crippen LogP contribution in [0.5, 0.6) is 0 Å². The van der Waals surface area contributed by atoms with Gasteiger partial charge in [-0.2, -0.15) is 0 Å². The smallest absolute Gasteiger partial charge is 0.230 e. The van der Waals surface area contributed by atoms with Crippen molar-refractivity contribution in [1.29, 1.82) is 0 Å². The van der Waals surface area contributed by atoms with E-state index in [0.29, 0.717) is 0 Å². The molecular formula is C11H15BrN2OS. The molecule has 0 bridgehead atoms. The van der Waals surface area contributed by atoms with Crippen LogP contribution in [0.2, 0.25) is 0 Å². The summed E-state index contributed by atoms with van der Waals surface area (Å²) in [5.41, 5.74) is 0. The minimum atomic E-state index is -0.0191. The molecule has 1 unspecified atom stereocenters. The van der Waals surface area contributed by atoms with Crippen LogP contribution in [-0.2, 0) is 4.79 Å². The Morgan fingerprint density at radius 3 is 2.75 bits per heavy atom. The number of amides is 1. The average Bonchev–Trinajstić information content (AvgIpc) is 2.75. The normalized spacial score (nSPS) is 18.5. The van der Waals surface area contributed by atoms with E-state index in [1.807, 2.05) is 24.0 Å². The van der Waals surface area contributed by atoms with Crippen LogP contribution in [0.3, 0.4) is 0 Å². The molecule has 2 heterocycles. The second-order valence-electron chi connectivity index (χ2n) is 3.94. The molecule has 16 heavy (non-hydrogen) atoms. The van der Waals surface area contributed by atoms with Crippen molar-refractivity contribution in [3.05, 3.63) is 20.8 Å². The maximum atomic E-state index is 12.2. The first-order valence-corrected chi connectivity index (χ1v) is 7.04. The number of hydrogen-bond acceptors (Lipinski definition) is 3. The van der Waals surface area contributed by atoms with Gasteiger partial charge in [-0.25, -0.2) is 0 Å². The van der Waals surface area contributed by atoms with Crippen molar-refractivity contribution < 1.29 is 4.79 Å². The lowest BCUT2D eigenvalue weighted by Gasteiger charge is -2.29. The Hall–Kier alpha value is -0.390. The Balaban J connectivity index is 2.03. The molecule has 1 fully saturated rings. The van der Waals surface area contributed by atoms with Crippen molar-refractivity contribution in [2.45, 2.75) is 12.8 Å². The Morgan fingerprint density at radius 1 is 1.50 bits per heavy atom. The number of nitrogens with zero attached hydrogens (tertiary/aromatic N) is 1. The zero-order valence-electron chi connectivity index (χ0n) is 9.20. The predicted molar refractivity (Wildman–Crippen MR) is 69.9 cm³/mol. The summed E-state index contributed by atoms with van der Waals surface area (Å²) in [6.45, 7) is 5.47. The van der Waals surface area contributed by atoms with Crippen LogP contribution in [0.25, 0.3) is 0 Å². The summed E-state index contributed by atoms with van der Waals surface area (Å²) >= 11 is 5.07. The highest BCUT2D eigenvalue weighted by Gasteiger charge is 2.23. The van der Waals surface area contributed by atoms with E-state index in [1.54, 1.807) is 11.3 Å². The van der Waals surface area contributed by atoms with Crippen molar-refractivity contribution in [1.82, 2.24) is 10.2 Å². The van der Waals surface area contributed by atoms with E-state index in [0.717, 1.165) is 34.8 Å². The van der Waals surface area contributed by atoms with Gasteiger partial charge in [-0.15, -0.1) is 11.3 Å². The van der Waals surface area contributed by atoms with Gasteiger partial charge in [0, 0.05) is 31.1 Å². The topological polar surface area (TPSA) is 32.3 Å². The zero-order valence-corrected chi connectivity index (χ0v) is 11.6. The fraction of sp³-hybridized carbons (Fsp3) is 0.545. The third-order valence-corrected chi connectivity index (χ3v) is 4.63. The fourth-order valence-electron chi connectivity index (χ4n) is 1.84. The fourth-order valence-corrected chi connectivity index (χ4v) is 3.31. The highest BCUT2D eigenvalue weighted by molar-refractivity contribution is 9.11. The van der Waals surface area contributed by atoms with Gasteiger partial charge >= 0.3 is 0 Å². The third-order valence-electron chi connectivity index (χ3n) is 2.82. The van der Waals surface area contributed by atoms with Gasteiger partial charge in [-0.1, -0.05) is 0 Å². The molecule has 0 spiro atoms. The number of carbonyl (C=O) groups excluding carboxylic acids is 1. The highest BCUT2D eigenvalue weighted by Crippen LogP contribution is 2.29. The van der Waals surface area contributed by atoms with Crippen LogP contribution in [0.4, 0.5) is 0 Å². The molecule has 1 N–H and O–H groups in total. The quantitative estimate of drug-likeness (QED) is 0.907. The monoisotopic (exact) mass is 302 g/mol. The molecule has 2 rings (SSSR count). The van der Waals surface area contributed by atoms with E-state index in [2.05, 4.69) is 21.2 Å². The number of halogens is 1. The second kappa shape index (κ2) is 5.29. The van der Waals surface area contributed by atoms with Crippen LogP contribution < -0.4 is 5.32 Å². The molecule has 0 aliphatic carbocycles. The average molecular weight is 303 g/mol. The second-order valence-corrected chi connectivity index (χ2v) is 6.43. The van der Waals surface area contributed by atoms with Gasteiger partial charge in [0.25, 0.3) is 0 Å². The molecule has 1 aromatic rings. The summed E-state index contributed by atoms with van der Waals surface area (Å²) in [7, 11) is 0. The Bertz CT molecular complexity index is 374. The summed E-state index contributed by atoms with van der Waals surface area (Å²) in [5.74, 6) is 0.227. The molecule has 88 valence electrons. The number of hydrogen-bond donors (Lipinski definition) is 1. The van der Waals surface area contributed by atoms with Crippen LogP contribution in [0.1, 0.15) is 17.7 Å². The Morgan fingerprint density at radius 2 is 2.19 bits per heavy atom. The molecule has 0 saturated carbocycles. The number of thiophene rings is 1. The number of rotatable bonds is 2. The molecule has 1 aliphatic heterocycles. The van der Waals surface area contributed by atoms with Crippen LogP contribution in [0.15, 0.2) is 15.9 Å². The maximum absolute atomic E-state index is 12.2. The molecule has 0 radical (unpaired) electrons. The Labute approximate surface area is 108 Å². The van der Waals surface area contributed by atoms with Crippen LogP contribution in [0, 0.1) is 0 Å². The van der Waals surface area contributed by atoms with Gasteiger partial charge < -0.3 is 10.2 Å². The molecule has 5 heteroatoms. The van der Waals surface area contributed by atoms with Gasteiger partial charge in [-0.3, -0.25) is 4.79 Å². The molecule has 1 aromatic heterocycles. The van der Waals surface area contributed by atoms with Crippen molar-refractivity contribution >= 4 is 33.2 Å². The van der Waals surface area contributed by atoms with Gasteiger partial charge in [0.15, 0.2) is 0 Å². The SMILES string of the molecule is CC(C(=O)N1CCNCC1)c1ccc(Br)s1. The molecule has 3 nitrogen and oxygen atoms in total. The molecule has 0 aromatic carbocycles. The van der Waals surface area contributed by atoms with Crippen molar-refractivity contribution in [2.24, 2.45) is 0 Å². The first kappa shape index (κ1) is 12.1. The van der Waals surface area contributed by atoms with Crippen molar-refractivity contribution in [2.75, 3.05) is 26.2 Å². The van der Waals surface area contributed by atoms with E-state index in [-0.39, 0.29) is 11.8 Å². The van der Waals surface area contributed by atoms with E-state index in [9.17, 15) is 4.79 Å². The zero-order chi connectivity index (χ0) is 11.5. The van der Waals surface area contributed by atoms with Crippen molar-refractivity contribution in [3.63, 3.8) is 0 Å². The number of carbonyl (C=O) groups is 1. The molecular weight excluding hydrogens is 288 g/mol. The predicted octanol–water partition coefficient (Wildman–Crippen LogP) is 2.05. The molecule has 1 saturated heterocycles. The van der Waals surface area contributed by atoms with Crippen molar-refractivity contribution in [3.8, 4) is 0 Å². The van der Waals surface area contributed by atoms with Gasteiger partial charge in [-0.05, 0) is 35.0 Å². The largest absolute Gasteiger partial charge is 0.340 e. The summed E-state index contributed by atoms with van der Waals surface area (Å²) in [6.07, 6.45) is 0. The van der Waals surface area contributed by atoms with E-state index in [1.165, 1.54) is 0 Å². The minimum absolute atomic E-state index is 0.0191. The van der Waals surface area contributed by atoms with Gasteiger partial charge in [0.2, 0.25) is 5.91 Å². The van der Waals surface area contributed by atoms with Gasteiger partial charge in [0.1, 0.15) is 0 Å². The van der Waals surface area contributed by atoms with E-state index in [4.69, 9.17) is 0 Å². The number of nitrogens with one attached hydrogen (secondary N) is 1. The maximum Gasteiger partial charge on any atom is 0.230 e. The molecule has 1 aliphatic rings. The lowest BCUT2D eigenvalue weighted by Crippen LogP contribution is -2.47. The summed E-state index contributed by atoms with van der Waals surface area (Å²) in [5, 5.41) is 3.25. The third kappa shape index (κ3) is 2.64. The summed E-state index contributed by atoms with van der Waals surface area (Å²) < 4.78 is 1.09. The van der Waals surface area contributed by atoms with E-state index >= 15 is 0 Å². The Kier molecular flexibility index (Phi) is 4.00.